The molecule has 0 unspecified atom stereocenters. The zero-order valence-electron chi connectivity index (χ0n) is 18.6. The number of fused-ring (bicyclic) bond motifs is 1. The average molecular weight is 465 g/mol. The van der Waals surface area contributed by atoms with Crippen LogP contribution in [0.3, 0.4) is 0 Å². The fraction of sp³-hybridized carbons (Fsp3) is 0.0370. The van der Waals surface area contributed by atoms with Crippen molar-refractivity contribution in [1.82, 2.24) is 4.98 Å². The normalized spacial score (nSPS) is 11.2. The van der Waals surface area contributed by atoms with Gasteiger partial charge in [0.2, 0.25) is 11.8 Å². The van der Waals surface area contributed by atoms with E-state index in [0.29, 0.717) is 34.2 Å². The maximum absolute atomic E-state index is 12.6. The number of amides is 1. The highest BCUT2D eigenvalue weighted by Gasteiger charge is 2.17. The van der Waals surface area contributed by atoms with Crippen molar-refractivity contribution in [3.8, 4) is 22.8 Å². The second kappa shape index (κ2) is 9.11. The lowest BCUT2D eigenvalue weighted by molar-refractivity contribution is -0.384. The molecule has 8 heteroatoms. The topological polar surface area (TPSA) is 111 Å². The van der Waals surface area contributed by atoms with Gasteiger partial charge in [0.25, 0.3) is 5.69 Å². The molecule has 0 saturated carbocycles. The summed E-state index contributed by atoms with van der Waals surface area (Å²) in [5, 5.41) is 14.1. The van der Waals surface area contributed by atoms with Gasteiger partial charge in [-0.3, -0.25) is 14.9 Å². The summed E-state index contributed by atoms with van der Waals surface area (Å²) in [4.78, 5) is 27.9. The van der Waals surface area contributed by atoms with Gasteiger partial charge >= 0.3 is 0 Å². The number of benzene rings is 3. The Morgan fingerprint density at radius 1 is 0.943 bits per heavy atom. The molecular formula is C27H19N3O5. The van der Waals surface area contributed by atoms with Gasteiger partial charge in [-0.1, -0.05) is 30.3 Å². The predicted molar refractivity (Wildman–Crippen MR) is 133 cm³/mol. The molecule has 2 aromatic heterocycles. The summed E-state index contributed by atoms with van der Waals surface area (Å²) in [5.74, 6) is 0.865. The highest BCUT2D eigenvalue weighted by molar-refractivity contribution is 6.02. The lowest BCUT2D eigenvalue weighted by Gasteiger charge is -2.09. The molecule has 5 rings (SSSR count). The van der Waals surface area contributed by atoms with Crippen LogP contribution < -0.4 is 5.32 Å². The number of nitro benzene ring substituents is 1. The van der Waals surface area contributed by atoms with Crippen molar-refractivity contribution in [1.29, 1.82) is 0 Å². The van der Waals surface area contributed by atoms with Gasteiger partial charge in [0.1, 0.15) is 17.0 Å². The van der Waals surface area contributed by atoms with Crippen LogP contribution in [-0.2, 0) is 4.79 Å². The third kappa shape index (κ3) is 4.45. The number of carbonyl (C=O) groups is 1. The summed E-state index contributed by atoms with van der Waals surface area (Å²) < 4.78 is 11.6. The minimum absolute atomic E-state index is 0.0515. The van der Waals surface area contributed by atoms with Crippen LogP contribution in [0.4, 0.5) is 11.4 Å². The molecule has 35 heavy (non-hydrogen) atoms. The fourth-order valence-electron chi connectivity index (χ4n) is 3.75. The number of hydrogen-bond donors (Lipinski definition) is 1. The summed E-state index contributed by atoms with van der Waals surface area (Å²) in [5.41, 5.74) is 3.99. The summed E-state index contributed by atoms with van der Waals surface area (Å²) in [7, 11) is 0. The molecule has 0 fully saturated rings. The van der Waals surface area contributed by atoms with Crippen LogP contribution in [0.2, 0.25) is 0 Å². The zero-order chi connectivity index (χ0) is 24.4. The minimum atomic E-state index is -0.460. The molecule has 3 aromatic carbocycles. The van der Waals surface area contributed by atoms with E-state index >= 15 is 0 Å². The van der Waals surface area contributed by atoms with Gasteiger partial charge < -0.3 is 14.2 Å². The quantitative estimate of drug-likeness (QED) is 0.171. The van der Waals surface area contributed by atoms with E-state index in [0.717, 1.165) is 16.6 Å². The summed E-state index contributed by atoms with van der Waals surface area (Å²) in [6.45, 7) is 1.88. The Bertz CT molecular complexity index is 1560. The number of para-hydroxylation sites is 3. The Kier molecular flexibility index (Phi) is 5.68. The molecule has 1 N–H and O–H groups in total. The van der Waals surface area contributed by atoms with E-state index in [-0.39, 0.29) is 11.6 Å². The van der Waals surface area contributed by atoms with E-state index in [1.807, 2.05) is 43.3 Å². The van der Waals surface area contributed by atoms with Gasteiger partial charge in [0.15, 0.2) is 5.58 Å². The first-order chi connectivity index (χ1) is 17.0. The second-order valence-corrected chi connectivity index (χ2v) is 7.76. The largest absolute Gasteiger partial charge is 0.456 e. The lowest BCUT2D eigenvalue weighted by atomic mass is 10.1. The summed E-state index contributed by atoms with van der Waals surface area (Å²) in [6.07, 6.45) is 2.85. The zero-order valence-corrected chi connectivity index (χ0v) is 18.6. The highest BCUT2D eigenvalue weighted by atomic mass is 16.6. The van der Waals surface area contributed by atoms with Gasteiger partial charge in [0, 0.05) is 23.4 Å². The van der Waals surface area contributed by atoms with E-state index in [4.69, 9.17) is 8.83 Å². The third-order valence-corrected chi connectivity index (χ3v) is 5.51. The molecule has 0 bridgehead atoms. The van der Waals surface area contributed by atoms with E-state index in [1.54, 1.807) is 36.4 Å². The van der Waals surface area contributed by atoms with Gasteiger partial charge in [-0.25, -0.2) is 4.98 Å². The van der Waals surface area contributed by atoms with Gasteiger partial charge in [-0.15, -0.1) is 0 Å². The van der Waals surface area contributed by atoms with Crippen molar-refractivity contribution >= 4 is 34.5 Å². The Morgan fingerprint density at radius 2 is 1.71 bits per heavy atom. The van der Waals surface area contributed by atoms with Crippen LogP contribution in [0.5, 0.6) is 0 Å². The second-order valence-electron chi connectivity index (χ2n) is 7.76. The van der Waals surface area contributed by atoms with E-state index in [2.05, 4.69) is 10.3 Å². The van der Waals surface area contributed by atoms with Crippen molar-refractivity contribution in [2.45, 2.75) is 6.92 Å². The Morgan fingerprint density at radius 3 is 2.54 bits per heavy atom. The molecule has 8 nitrogen and oxygen atoms in total. The van der Waals surface area contributed by atoms with Crippen molar-refractivity contribution in [2.24, 2.45) is 0 Å². The number of rotatable bonds is 6. The lowest BCUT2D eigenvalue weighted by Crippen LogP contribution is -2.09. The van der Waals surface area contributed by atoms with Crippen LogP contribution in [0.25, 0.3) is 40.0 Å². The van der Waals surface area contributed by atoms with Crippen molar-refractivity contribution in [2.75, 3.05) is 5.32 Å². The minimum Gasteiger partial charge on any atom is -0.456 e. The molecule has 0 spiro atoms. The maximum atomic E-state index is 12.6. The van der Waals surface area contributed by atoms with Crippen LogP contribution >= 0.6 is 0 Å². The van der Waals surface area contributed by atoms with Crippen molar-refractivity contribution in [3.05, 3.63) is 106 Å². The van der Waals surface area contributed by atoms with Crippen LogP contribution in [0, 0.1) is 17.0 Å². The number of aromatic nitrogens is 1. The van der Waals surface area contributed by atoms with Crippen LogP contribution in [0.1, 0.15) is 11.3 Å². The fourth-order valence-corrected chi connectivity index (χ4v) is 3.75. The molecule has 0 atom stereocenters. The SMILES string of the molecule is Cc1c(NC(=O)/C=C/c2ccc(-c3ccccc3[N+](=O)[O-])o2)cccc1-c1nc2ccccc2o1. The van der Waals surface area contributed by atoms with Crippen LogP contribution in [0.15, 0.2) is 93.8 Å². The molecular weight excluding hydrogens is 446 g/mol. The van der Waals surface area contributed by atoms with Crippen molar-refractivity contribution in [3.63, 3.8) is 0 Å². The number of nitrogens with zero attached hydrogens (tertiary/aromatic N) is 2. The van der Waals surface area contributed by atoms with Crippen LogP contribution in [-0.4, -0.2) is 15.8 Å². The number of nitrogens with one attached hydrogen (secondary N) is 1. The Hall–Kier alpha value is -4.98. The standard InChI is InChI=1S/C27H19N3O5/c1-17-19(27-29-22-9-3-5-12-25(22)35-27)8-6-10-21(17)28-26(31)16-14-18-13-15-24(34-18)20-7-2-4-11-23(20)30(32)33/h2-16H,1H3,(H,28,31)/b16-14+. The molecule has 2 heterocycles. The predicted octanol–water partition coefficient (Wildman–Crippen LogP) is 6.62. The number of furan rings is 1. The molecule has 172 valence electrons. The molecule has 0 aliphatic rings. The first kappa shape index (κ1) is 21.8. The number of carbonyl (C=O) groups excluding carboxylic acids is 1. The van der Waals surface area contributed by atoms with E-state index < -0.39 is 4.92 Å². The molecule has 0 radical (unpaired) electrons. The number of anilines is 1. The highest BCUT2D eigenvalue weighted by Crippen LogP contribution is 2.32. The number of hydrogen-bond acceptors (Lipinski definition) is 6. The third-order valence-electron chi connectivity index (χ3n) is 5.51. The van der Waals surface area contributed by atoms with E-state index in [1.165, 1.54) is 18.2 Å². The summed E-state index contributed by atoms with van der Waals surface area (Å²) in [6, 6.07) is 22.6. The number of nitro groups is 1. The van der Waals surface area contributed by atoms with Crippen molar-refractivity contribution < 1.29 is 18.6 Å². The molecule has 0 aliphatic carbocycles. The summed E-state index contributed by atoms with van der Waals surface area (Å²) >= 11 is 0. The first-order valence-electron chi connectivity index (χ1n) is 10.8. The first-order valence-corrected chi connectivity index (χ1v) is 10.8. The molecule has 0 aliphatic heterocycles. The average Bonchev–Trinajstić information content (AvgIpc) is 3.51. The molecule has 0 saturated heterocycles. The van der Waals surface area contributed by atoms with Gasteiger partial charge in [0.05, 0.1) is 10.5 Å². The Labute approximate surface area is 199 Å². The smallest absolute Gasteiger partial charge is 0.280 e. The number of oxazole rings is 1. The molecule has 1 amide bonds. The van der Waals surface area contributed by atoms with Gasteiger partial charge in [-0.2, -0.15) is 0 Å². The maximum Gasteiger partial charge on any atom is 0.280 e. The van der Waals surface area contributed by atoms with E-state index in [9.17, 15) is 14.9 Å². The monoisotopic (exact) mass is 465 g/mol. The Balaban J connectivity index is 1.33. The molecule has 5 aromatic rings. The van der Waals surface area contributed by atoms with Gasteiger partial charge in [-0.05, 0) is 61.0 Å².